The first-order valence-corrected chi connectivity index (χ1v) is 8.79. The molecule has 0 spiro atoms. The average molecular weight is 402 g/mol. The summed E-state index contributed by atoms with van der Waals surface area (Å²) in [5, 5.41) is 10.9. The number of ether oxygens (including phenoxy) is 2. The molecule has 2 aromatic heterocycles. The van der Waals surface area contributed by atoms with Gasteiger partial charge in [0.25, 0.3) is 0 Å². The van der Waals surface area contributed by atoms with Crippen molar-refractivity contribution >= 4 is 5.82 Å². The molecule has 0 radical (unpaired) electrons. The molecule has 3 aromatic rings. The molecule has 4 rings (SSSR count). The number of hydrogen-bond acceptors (Lipinski definition) is 6. The molecule has 0 bridgehead atoms. The second-order valence-corrected chi connectivity index (χ2v) is 6.91. The summed E-state index contributed by atoms with van der Waals surface area (Å²) in [7, 11) is 0. The lowest BCUT2D eigenvalue weighted by Crippen LogP contribution is -2.43. The third-order valence-corrected chi connectivity index (χ3v) is 4.59. The maximum Gasteiger partial charge on any atom is 0.414 e. The molecule has 1 aliphatic heterocycles. The Kier molecular flexibility index (Phi) is 4.61. The largest absolute Gasteiger partial charge is 0.473 e. The van der Waals surface area contributed by atoms with Gasteiger partial charge in [-0.2, -0.15) is 0 Å². The van der Waals surface area contributed by atoms with E-state index in [0.717, 1.165) is 12.1 Å². The number of pyridine rings is 1. The van der Waals surface area contributed by atoms with Crippen molar-refractivity contribution in [1.82, 2.24) is 14.5 Å². The summed E-state index contributed by atoms with van der Waals surface area (Å²) in [4.78, 5) is 18.4. The molecule has 0 amide bonds. The molecule has 150 valence electrons. The molecule has 0 saturated heterocycles. The van der Waals surface area contributed by atoms with Crippen LogP contribution < -0.4 is 9.47 Å². The van der Waals surface area contributed by atoms with Gasteiger partial charge in [0.15, 0.2) is 0 Å². The summed E-state index contributed by atoms with van der Waals surface area (Å²) in [5.41, 5.74) is -0.305. The van der Waals surface area contributed by atoms with Crippen molar-refractivity contribution in [3.05, 3.63) is 64.3 Å². The Morgan fingerprint density at radius 1 is 1.31 bits per heavy atom. The lowest BCUT2D eigenvalue weighted by atomic mass is 10.0. The Balaban J connectivity index is 1.48. The first-order chi connectivity index (χ1) is 13.8. The number of halogens is 2. The number of fused-ring (bicyclic) bond motifs is 1. The minimum atomic E-state index is -0.770. The minimum absolute atomic E-state index is 0.107. The molecule has 0 saturated carbocycles. The van der Waals surface area contributed by atoms with Crippen molar-refractivity contribution in [1.29, 1.82) is 0 Å². The first kappa shape index (κ1) is 18.8. The van der Waals surface area contributed by atoms with Crippen LogP contribution in [-0.4, -0.2) is 31.7 Å². The molecule has 1 unspecified atom stereocenters. The molecule has 29 heavy (non-hydrogen) atoms. The molecular weight excluding hydrogens is 386 g/mol. The molecule has 10 heteroatoms. The molecule has 1 atom stereocenters. The van der Waals surface area contributed by atoms with Gasteiger partial charge < -0.3 is 19.6 Å². The predicted molar refractivity (Wildman–Crippen MR) is 97.6 cm³/mol. The van der Waals surface area contributed by atoms with E-state index in [1.54, 1.807) is 29.7 Å². The van der Waals surface area contributed by atoms with E-state index in [1.165, 1.54) is 12.3 Å². The Bertz CT molecular complexity index is 1090. The van der Waals surface area contributed by atoms with Crippen LogP contribution in [0.5, 0.6) is 11.9 Å². The van der Waals surface area contributed by atoms with Crippen LogP contribution in [0.1, 0.15) is 13.3 Å². The van der Waals surface area contributed by atoms with Crippen molar-refractivity contribution in [2.75, 3.05) is 6.61 Å². The standard InChI is InChI=1S/C19H16F2N4O4/c1-19(7-8-24-10-16(25(26)27)23-18(24)29-19)11-28-17-4-2-3-15(22-17)13-6-5-12(20)9-14(13)21/h2-6,9-10H,7-8,11H2,1H3. The number of rotatable bonds is 5. The van der Waals surface area contributed by atoms with Crippen LogP contribution in [0.25, 0.3) is 11.3 Å². The summed E-state index contributed by atoms with van der Waals surface area (Å²) < 4.78 is 40.3. The highest BCUT2D eigenvalue weighted by Crippen LogP contribution is 2.31. The Morgan fingerprint density at radius 2 is 2.14 bits per heavy atom. The van der Waals surface area contributed by atoms with Crippen molar-refractivity contribution in [2.45, 2.75) is 25.5 Å². The van der Waals surface area contributed by atoms with Crippen molar-refractivity contribution in [3.63, 3.8) is 0 Å². The number of nitrogens with zero attached hydrogens (tertiary/aromatic N) is 4. The van der Waals surface area contributed by atoms with Gasteiger partial charge in [-0.15, -0.1) is 0 Å². The minimum Gasteiger partial charge on any atom is -0.473 e. The zero-order valence-electron chi connectivity index (χ0n) is 15.3. The normalized spacial score (nSPS) is 18.0. The lowest BCUT2D eigenvalue weighted by Gasteiger charge is -2.32. The third-order valence-electron chi connectivity index (χ3n) is 4.59. The number of benzene rings is 1. The summed E-state index contributed by atoms with van der Waals surface area (Å²) in [5.74, 6) is -1.41. The smallest absolute Gasteiger partial charge is 0.414 e. The number of hydrogen-bond donors (Lipinski definition) is 0. The number of imidazole rings is 1. The van der Waals surface area contributed by atoms with Gasteiger partial charge in [-0.25, -0.2) is 13.8 Å². The van der Waals surface area contributed by atoms with Crippen LogP contribution in [0.2, 0.25) is 0 Å². The molecule has 0 N–H and O–H groups in total. The predicted octanol–water partition coefficient (Wildman–Crippen LogP) is 3.75. The topological polar surface area (TPSA) is 92.3 Å². The SMILES string of the molecule is CC1(COc2cccc(-c3ccc(F)cc3F)n2)CCn2cc([N+](=O)[O-])nc2O1. The molecule has 3 heterocycles. The van der Waals surface area contributed by atoms with Gasteiger partial charge >= 0.3 is 11.8 Å². The third kappa shape index (κ3) is 3.86. The van der Waals surface area contributed by atoms with Gasteiger partial charge in [-0.1, -0.05) is 6.07 Å². The van der Waals surface area contributed by atoms with E-state index in [4.69, 9.17) is 9.47 Å². The maximum absolute atomic E-state index is 14.0. The molecule has 1 aromatic carbocycles. The zero-order chi connectivity index (χ0) is 20.6. The molecular formula is C19H16F2N4O4. The van der Waals surface area contributed by atoms with Crippen LogP contribution in [0.3, 0.4) is 0 Å². The zero-order valence-corrected chi connectivity index (χ0v) is 15.3. The summed E-state index contributed by atoms with van der Waals surface area (Å²) in [6, 6.07) is 8.29. The summed E-state index contributed by atoms with van der Waals surface area (Å²) in [6.07, 6.45) is 1.87. The van der Waals surface area contributed by atoms with E-state index in [0.29, 0.717) is 18.7 Å². The van der Waals surface area contributed by atoms with Crippen molar-refractivity contribution < 1.29 is 23.2 Å². The summed E-state index contributed by atoms with van der Waals surface area (Å²) >= 11 is 0. The Hall–Kier alpha value is -3.56. The first-order valence-electron chi connectivity index (χ1n) is 8.79. The van der Waals surface area contributed by atoms with Gasteiger partial charge in [0, 0.05) is 35.6 Å². The van der Waals surface area contributed by atoms with Gasteiger partial charge in [-0.05, 0) is 30.0 Å². The van der Waals surface area contributed by atoms with Gasteiger partial charge in [0.05, 0.1) is 5.69 Å². The van der Waals surface area contributed by atoms with Gasteiger partial charge in [0.2, 0.25) is 5.88 Å². The Morgan fingerprint density at radius 3 is 2.90 bits per heavy atom. The van der Waals surface area contributed by atoms with Gasteiger partial charge in [-0.3, -0.25) is 4.57 Å². The van der Waals surface area contributed by atoms with Crippen LogP contribution in [0, 0.1) is 21.7 Å². The Labute approximate surface area is 163 Å². The van der Waals surface area contributed by atoms with Crippen LogP contribution >= 0.6 is 0 Å². The second kappa shape index (κ2) is 7.12. The number of aryl methyl sites for hydroxylation is 1. The second-order valence-electron chi connectivity index (χ2n) is 6.91. The van der Waals surface area contributed by atoms with E-state index in [1.807, 2.05) is 0 Å². The molecule has 8 nitrogen and oxygen atoms in total. The quantitative estimate of drug-likeness (QED) is 0.477. The fraction of sp³-hybridized carbons (Fsp3) is 0.263. The van der Waals surface area contributed by atoms with Crippen molar-refractivity contribution in [3.8, 4) is 23.1 Å². The molecule has 0 fully saturated rings. The molecule has 1 aliphatic rings. The highest BCUT2D eigenvalue weighted by atomic mass is 19.1. The monoisotopic (exact) mass is 402 g/mol. The van der Waals surface area contributed by atoms with E-state index < -0.39 is 22.2 Å². The van der Waals surface area contributed by atoms with E-state index in [2.05, 4.69) is 9.97 Å². The molecule has 0 aliphatic carbocycles. The fourth-order valence-corrected chi connectivity index (χ4v) is 3.01. The number of nitro groups is 1. The van der Waals surface area contributed by atoms with Crippen LogP contribution in [-0.2, 0) is 6.54 Å². The van der Waals surface area contributed by atoms with Crippen molar-refractivity contribution in [2.24, 2.45) is 0 Å². The van der Waals surface area contributed by atoms with Crippen LogP contribution in [0.4, 0.5) is 14.6 Å². The number of aromatic nitrogens is 3. The van der Waals surface area contributed by atoms with E-state index in [-0.39, 0.29) is 29.9 Å². The highest BCUT2D eigenvalue weighted by molar-refractivity contribution is 5.60. The average Bonchev–Trinajstić information content (AvgIpc) is 3.10. The van der Waals surface area contributed by atoms with E-state index >= 15 is 0 Å². The fourth-order valence-electron chi connectivity index (χ4n) is 3.01. The summed E-state index contributed by atoms with van der Waals surface area (Å²) in [6.45, 7) is 2.40. The lowest BCUT2D eigenvalue weighted by molar-refractivity contribution is -0.389. The maximum atomic E-state index is 14.0. The van der Waals surface area contributed by atoms with Crippen LogP contribution in [0.15, 0.2) is 42.6 Å². The highest BCUT2D eigenvalue weighted by Gasteiger charge is 2.37. The van der Waals surface area contributed by atoms with E-state index in [9.17, 15) is 18.9 Å². The van der Waals surface area contributed by atoms with Gasteiger partial charge in [0.1, 0.15) is 30.0 Å².